The molecule has 2 amide bonds. The van der Waals surface area contributed by atoms with Gasteiger partial charge in [-0.25, -0.2) is 0 Å². The molecule has 0 bridgehead atoms. The normalized spacial score (nSPS) is 11.6. The average Bonchev–Trinajstić information content (AvgIpc) is 2.60. The molecule has 1 atom stereocenters. The van der Waals surface area contributed by atoms with E-state index in [4.69, 9.17) is 0 Å². The van der Waals surface area contributed by atoms with E-state index in [-0.39, 0.29) is 24.3 Å². The first-order valence-corrected chi connectivity index (χ1v) is 8.65. The fraction of sp³-hybridized carbons (Fsp3) is 0.333. The minimum absolute atomic E-state index is 0.0355. The predicted molar refractivity (Wildman–Crippen MR) is 99.9 cm³/mol. The molecule has 0 aliphatic rings. The second kappa shape index (κ2) is 9.02. The largest absolute Gasteiger partial charge is 0.349 e. The molecule has 2 aromatic rings. The Morgan fingerprint density at radius 2 is 1.68 bits per heavy atom. The van der Waals surface area contributed by atoms with Crippen molar-refractivity contribution in [2.24, 2.45) is 0 Å². The lowest BCUT2D eigenvalue weighted by molar-refractivity contribution is -0.132. The molecule has 0 saturated carbocycles. The topological polar surface area (TPSA) is 49.4 Å². The fourth-order valence-corrected chi connectivity index (χ4v) is 2.86. The SMILES string of the molecule is CCN(Cc1ccccc1C)C(=O)CC(NC(C)=O)c1ccccc1. The summed E-state index contributed by atoms with van der Waals surface area (Å²) < 4.78 is 0. The van der Waals surface area contributed by atoms with Crippen molar-refractivity contribution in [1.29, 1.82) is 0 Å². The molecule has 2 aromatic carbocycles. The van der Waals surface area contributed by atoms with Gasteiger partial charge in [-0.05, 0) is 30.5 Å². The van der Waals surface area contributed by atoms with E-state index in [2.05, 4.69) is 18.3 Å². The molecule has 0 saturated heterocycles. The van der Waals surface area contributed by atoms with Crippen LogP contribution in [0.15, 0.2) is 54.6 Å². The fourth-order valence-electron chi connectivity index (χ4n) is 2.86. The molecule has 0 spiro atoms. The van der Waals surface area contributed by atoms with Crippen LogP contribution in [-0.4, -0.2) is 23.3 Å². The maximum atomic E-state index is 12.8. The Hall–Kier alpha value is -2.62. The third-order valence-electron chi connectivity index (χ3n) is 4.32. The van der Waals surface area contributed by atoms with Gasteiger partial charge in [0.15, 0.2) is 0 Å². The van der Waals surface area contributed by atoms with Crippen LogP contribution in [0.5, 0.6) is 0 Å². The minimum Gasteiger partial charge on any atom is -0.349 e. The second-order valence-corrected chi connectivity index (χ2v) is 6.20. The van der Waals surface area contributed by atoms with Crippen molar-refractivity contribution < 1.29 is 9.59 Å². The van der Waals surface area contributed by atoms with Crippen molar-refractivity contribution >= 4 is 11.8 Å². The standard InChI is InChI=1S/C21H26N2O2/c1-4-23(15-19-13-9-8-10-16(19)2)21(25)14-20(22-17(3)24)18-11-6-5-7-12-18/h5-13,20H,4,14-15H2,1-3H3,(H,22,24). The van der Waals surface area contributed by atoms with E-state index in [1.165, 1.54) is 12.5 Å². The molecular formula is C21H26N2O2. The van der Waals surface area contributed by atoms with E-state index < -0.39 is 0 Å². The van der Waals surface area contributed by atoms with Gasteiger partial charge < -0.3 is 10.2 Å². The summed E-state index contributed by atoms with van der Waals surface area (Å²) in [5.41, 5.74) is 3.27. The summed E-state index contributed by atoms with van der Waals surface area (Å²) in [6.45, 7) is 6.73. The zero-order valence-electron chi connectivity index (χ0n) is 15.2. The summed E-state index contributed by atoms with van der Waals surface area (Å²) in [5.74, 6) is -0.100. The van der Waals surface area contributed by atoms with Gasteiger partial charge in [0.05, 0.1) is 12.5 Å². The van der Waals surface area contributed by atoms with Gasteiger partial charge in [-0.3, -0.25) is 9.59 Å². The highest BCUT2D eigenvalue weighted by atomic mass is 16.2. The summed E-state index contributed by atoms with van der Waals surface area (Å²) in [5, 5.41) is 2.89. The Kier molecular flexibility index (Phi) is 6.75. The summed E-state index contributed by atoms with van der Waals surface area (Å²) >= 11 is 0. The van der Waals surface area contributed by atoms with Crippen molar-refractivity contribution in [2.75, 3.05) is 6.54 Å². The molecule has 0 radical (unpaired) electrons. The molecule has 4 nitrogen and oxygen atoms in total. The predicted octanol–water partition coefficient (Wildman–Crippen LogP) is 3.61. The van der Waals surface area contributed by atoms with Gasteiger partial charge in [-0.1, -0.05) is 54.6 Å². The highest BCUT2D eigenvalue weighted by Crippen LogP contribution is 2.19. The van der Waals surface area contributed by atoms with Crippen LogP contribution in [0.4, 0.5) is 0 Å². The van der Waals surface area contributed by atoms with E-state index in [0.717, 1.165) is 11.1 Å². The number of amides is 2. The van der Waals surface area contributed by atoms with Crippen molar-refractivity contribution in [3.05, 3.63) is 71.3 Å². The van der Waals surface area contributed by atoms with Crippen molar-refractivity contribution in [2.45, 2.75) is 39.8 Å². The number of rotatable bonds is 7. The number of aryl methyl sites for hydroxylation is 1. The summed E-state index contributed by atoms with van der Waals surface area (Å²) in [7, 11) is 0. The zero-order valence-corrected chi connectivity index (χ0v) is 15.2. The first kappa shape index (κ1) is 18.7. The molecule has 0 aliphatic carbocycles. The van der Waals surface area contributed by atoms with Gasteiger partial charge in [0, 0.05) is 20.0 Å². The summed E-state index contributed by atoms with van der Waals surface area (Å²) in [4.78, 5) is 26.2. The second-order valence-electron chi connectivity index (χ2n) is 6.20. The Labute approximate surface area is 149 Å². The maximum Gasteiger partial charge on any atom is 0.225 e. The number of nitrogens with one attached hydrogen (secondary N) is 1. The number of hydrogen-bond donors (Lipinski definition) is 1. The Morgan fingerprint density at radius 1 is 1.04 bits per heavy atom. The van der Waals surface area contributed by atoms with Gasteiger partial charge in [-0.2, -0.15) is 0 Å². The van der Waals surface area contributed by atoms with Crippen LogP contribution in [0, 0.1) is 6.92 Å². The van der Waals surface area contributed by atoms with Gasteiger partial charge >= 0.3 is 0 Å². The summed E-state index contributed by atoms with van der Waals surface area (Å²) in [6, 6.07) is 17.4. The Balaban J connectivity index is 2.12. The van der Waals surface area contributed by atoms with Crippen LogP contribution in [-0.2, 0) is 16.1 Å². The minimum atomic E-state index is -0.308. The number of carbonyl (C=O) groups excluding carboxylic acids is 2. The lowest BCUT2D eigenvalue weighted by atomic mass is 10.0. The van der Waals surface area contributed by atoms with Crippen LogP contribution in [0.25, 0.3) is 0 Å². The number of benzene rings is 2. The number of nitrogens with zero attached hydrogens (tertiary/aromatic N) is 1. The Bertz CT molecular complexity index is 713. The van der Waals surface area contributed by atoms with E-state index in [9.17, 15) is 9.59 Å². The van der Waals surface area contributed by atoms with E-state index in [0.29, 0.717) is 13.1 Å². The highest BCUT2D eigenvalue weighted by molar-refractivity contribution is 5.79. The molecule has 1 unspecified atom stereocenters. The first-order chi connectivity index (χ1) is 12.0. The average molecular weight is 338 g/mol. The van der Waals surface area contributed by atoms with Crippen LogP contribution in [0.3, 0.4) is 0 Å². The third-order valence-corrected chi connectivity index (χ3v) is 4.32. The summed E-state index contributed by atoms with van der Waals surface area (Å²) in [6.07, 6.45) is 0.253. The van der Waals surface area contributed by atoms with Gasteiger partial charge in [0.1, 0.15) is 0 Å². The molecule has 1 N–H and O–H groups in total. The molecule has 0 fully saturated rings. The van der Waals surface area contributed by atoms with E-state index in [1.54, 1.807) is 0 Å². The van der Waals surface area contributed by atoms with Crippen molar-refractivity contribution in [3.8, 4) is 0 Å². The zero-order chi connectivity index (χ0) is 18.2. The van der Waals surface area contributed by atoms with Crippen LogP contribution >= 0.6 is 0 Å². The molecule has 0 heterocycles. The molecular weight excluding hydrogens is 312 g/mol. The maximum absolute atomic E-state index is 12.8. The van der Waals surface area contributed by atoms with Gasteiger partial charge in [0.2, 0.25) is 11.8 Å². The van der Waals surface area contributed by atoms with Crippen molar-refractivity contribution in [3.63, 3.8) is 0 Å². The van der Waals surface area contributed by atoms with Gasteiger partial charge in [-0.15, -0.1) is 0 Å². The lowest BCUT2D eigenvalue weighted by Crippen LogP contribution is -2.35. The Morgan fingerprint density at radius 3 is 2.28 bits per heavy atom. The van der Waals surface area contributed by atoms with Gasteiger partial charge in [0.25, 0.3) is 0 Å². The molecule has 25 heavy (non-hydrogen) atoms. The number of carbonyl (C=O) groups is 2. The molecule has 0 aliphatic heterocycles. The van der Waals surface area contributed by atoms with Crippen molar-refractivity contribution in [1.82, 2.24) is 10.2 Å². The number of hydrogen-bond acceptors (Lipinski definition) is 2. The molecule has 2 rings (SSSR count). The molecule has 0 aromatic heterocycles. The van der Waals surface area contributed by atoms with Crippen LogP contribution in [0.2, 0.25) is 0 Å². The monoisotopic (exact) mass is 338 g/mol. The highest BCUT2D eigenvalue weighted by Gasteiger charge is 2.21. The lowest BCUT2D eigenvalue weighted by Gasteiger charge is -2.25. The molecule has 132 valence electrons. The quantitative estimate of drug-likeness (QED) is 0.838. The first-order valence-electron chi connectivity index (χ1n) is 8.65. The molecule has 4 heteroatoms. The smallest absolute Gasteiger partial charge is 0.225 e. The third kappa shape index (κ3) is 5.45. The van der Waals surface area contributed by atoms with E-state index in [1.807, 2.05) is 60.4 Å². The van der Waals surface area contributed by atoms with Crippen LogP contribution < -0.4 is 5.32 Å². The van der Waals surface area contributed by atoms with Crippen LogP contribution in [0.1, 0.15) is 43.0 Å². The van der Waals surface area contributed by atoms with E-state index >= 15 is 0 Å².